The summed E-state index contributed by atoms with van der Waals surface area (Å²) in [4.78, 5) is 11.4. The second-order valence-electron chi connectivity index (χ2n) is 5.73. The molecule has 0 saturated carbocycles. The molecule has 0 amide bonds. The number of carboxylic acids is 1. The quantitative estimate of drug-likeness (QED) is 0.666. The summed E-state index contributed by atoms with van der Waals surface area (Å²) < 4.78 is 32.6. The van der Waals surface area contributed by atoms with E-state index < -0.39 is 22.0 Å². The average molecular weight is 432 g/mol. The van der Waals surface area contributed by atoms with Gasteiger partial charge in [0.25, 0.3) is 10.0 Å². The molecule has 0 aromatic heterocycles. The highest BCUT2D eigenvalue weighted by molar-refractivity contribution is 7.93. The van der Waals surface area contributed by atoms with Crippen LogP contribution in [0.3, 0.4) is 0 Å². The molecule has 0 heterocycles. The SMILES string of the molecule is CCCOc1ccc(N(C(C)C(=O)O)S(=O)(=O)c2ccc(Cl)c(Cl)c2)cc1. The summed E-state index contributed by atoms with van der Waals surface area (Å²) in [6.07, 6.45) is 0.829. The summed E-state index contributed by atoms with van der Waals surface area (Å²) in [6.45, 7) is 3.78. The maximum Gasteiger partial charge on any atom is 0.327 e. The zero-order valence-electron chi connectivity index (χ0n) is 14.7. The molecular formula is C18H19Cl2NO5S. The Morgan fingerprint density at radius 3 is 2.30 bits per heavy atom. The van der Waals surface area contributed by atoms with Gasteiger partial charge >= 0.3 is 5.97 Å². The predicted octanol–water partition coefficient (Wildman–Crippen LogP) is 4.45. The van der Waals surface area contributed by atoms with Gasteiger partial charge in [-0.1, -0.05) is 30.1 Å². The second kappa shape index (κ2) is 8.82. The summed E-state index contributed by atoms with van der Waals surface area (Å²) in [7, 11) is -4.20. The fourth-order valence-corrected chi connectivity index (χ4v) is 4.33. The largest absolute Gasteiger partial charge is 0.494 e. The van der Waals surface area contributed by atoms with Crippen LogP contribution in [-0.4, -0.2) is 32.1 Å². The topological polar surface area (TPSA) is 83.9 Å². The number of carbonyl (C=O) groups is 1. The normalized spacial score (nSPS) is 12.4. The van der Waals surface area contributed by atoms with Gasteiger partial charge in [-0.25, -0.2) is 13.2 Å². The van der Waals surface area contributed by atoms with Crippen molar-refractivity contribution in [2.45, 2.75) is 31.2 Å². The minimum absolute atomic E-state index is 0.0592. The smallest absolute Gasteiger partial charge is 0.327 e. The first-order valence-corrected chi connectivity index (χ1v) is 10.3. The Hall–Kier alpha value is -1.96. The van der Waals surface area contributed by atoms with Crippen LogP contribution in [0.25, 0.3) is 0 Å². The number of hydrogen-bond donors (Lipinski definition) is 1. The van der Waals surface area contributed by atoms with E-state index in [1.807, 2.05) is 6.92 Å². The summed E-state index contributed by atoms with van der Waals surface area (Å²) >= 11 is 11.8. The van der Waals surface area contributed by atoms with Crippen molar-refractivity contribution >= 4 is 44.9 Å². The van der Waals surface area contributed by atoms with Crippen LogP contribution in [0.1, 0.15) is 20.3 Å². The Morgan fingerprint density at radius 1 is 1.15 bits per heavy atom. The number of carboxylic acid groups (broad SMARTS) is 1. The molecule has 0 aliphatic heterocycles. The van der Waals surface area contributed by atoms with Crippen LogP contribution < -0.4 is 9.04 Å². The van der Waals surface area contributed by atoms with Crippen LogP contribution in [0.5, 0.6) is 5.75 Å². The molecule has 0 aliphatic carbocycles. The van der Waals surface area contributed by atoms with E-state index in [-0.39, 0.29) is 20.6 Å². The van der Waals surface area contributed by atoms with Gasteiger partial charge in [0.05, 0.1) is 27.2 Å². The van der Waals surface area contributed by atoms with Crippen molar-refractivity contribution in [3.63, 3.8) is 0 Å². The standard InChI is InChI=1S/C18H19Cl2NO5S/c1-3-10-26-14-6-4-13(5-7-14)21(12(2)18(22)23)27(24,25)15-8-9-16(19)17(20)11-15/h4-9,11-12H,3,10H2,1-2H3,(H,22,23). The fraction of sp³-hybridized carbons (Fsp3) is 0.278. The third kappa shape index (κ3) is 4.86. The number of sulfonamides is 1. The van der Waals surface area contributed by atoms with E-state index in [0.29, 0.717) is 12.4 Å². The number of rotatable bonds is 8. The van der Waals surface area contributed by atoms with E-state index in [1.54, 1.807) is 12.1 Å². The van der Waals surface area contributed by atoms with E-state index in [0.717, 1.165) is 10.7 Å². The Labute approximate surface area is 168 Å². The van der Waals surface area contributed by atoms with Gasteiger partial charge in [0.2, 0.25) is 0 Å². The molecule has 0 spiro atoms. The highest BCUT2D eigenvalue weighted by Crippen LogP contribution is 2.31. The molecule has 2 rings (SSSR count). The van der Waals surface area contributed by atoms with Crippen molar-refractivity contribution in [1.82, 2.24) is 0 Å². The lowest BCUT2D eigenvalue weighted by Gasteiger charge is -2.28. The van der Waals surface area contributed by atoms with Crippen molar-refractivity contribution in [3.8, 4) is 5.75 Å². The number of benzene rings is 2. The molecule has 146 valence electrons. The van der Waals surface area contributed by atoms with Gasteiger partial charge in [-0.05, 0) is 55.8 Å². The highest BCUT2D eigenvalue weighted by Gasteiger charge is 2.33. The Balaban J connectivity index is 2.50. The van der Waals surface area contributed by atoms with E-state index in [4.69, 9.17) is 27.9 Å². The lowest BCUT2D eigenvalue weighted by Crippen LogP contribution is -2.43. The van der Waals surface area contributed by atoms with Crippen molar-refractivity contribution in [3.05, 3.63) is 52.5 Å². The summed E-state index contributed by atoms with van der Waals surface area (Å²) in [5.41, 5.74) is 0.194. The number of nitrogens with zero attached hydrogens (tertiary/aromatic N) is 1. The Bertz CT molecular complexity index is 916. The third-order valence-corrected chi connectivity index (χ3v) is 6.35. The molecule has 1 atom stereocenters. The zero-order chi connectivity index (χ0) is 20.2. The molecule has 0 fully saturated rings. The number of halogens is 2. The molecule has 6 nitrogen and oxygen atoms in total. The Kier molecular flexibility index (Phi) is 6.97. The number of aliphatic carboxylic acids is 1. The molecule has 1 N–H and O–H groups in total. The third-order valence-electron chi connectivity index (χ3n) is 3.72. The molecule has 0 aliphatic rings. The van der Waals surface area contributed by atoms with Crippen LogP contribution in [-0.2, 0) is 14.8 Å². The van der Waals surface area contributed by atoms with E-state index >= 15 is 0 Å². The summed E-state index contributed by atoms with van der Waals surface area (Å²) in [5.74, 6) is -0.722. The molecule has 0 radical (unpaired) electrons. The summed E-state index contributed by atoms with van der Waals surface area (Å²) in [6, 6.07) is 8.67. The van der Waals surface area contributed by atoms with Gasteiger partial charge in [0.15, 0.2) is 0 Å². The second-order valence-corrected chi connectivity index (χ2v) is 8.36. The van der Waals surface area contributed by atoms with Crippen LogP contribution >= 0.6 is 23.2 Å². The molecule has 27 heavy (non-hydrogen) atoms. The van der Waals surface area contributed by atoms with Crippen LogP contribution in [0, 0.1) is 0 Å². The molecular weight excluding hydrogens is 413 g/mol. The number of ether oxygens (including phenoxy) is 1. The van der Waals surface area contributed by atoms with Gasteiger partial charge in [-0.15, -0.1) is 0 Å². The van der Waals surface area contributed by atoms with Crippen LogP contribution in [0.2, 0.25) is 10.0 Å². The van der Waals surface area contributed by atoms with Gasteiger partial charge < -0.3 is 9.84 Å². The molecule has 2 aromatic rings. The van der Waals surface area contributed by atoms with Gasteiger partial charge in [-0.2, -0.15) is 0 Å². The average Bonchev–Trinajstić information content (AvgIpc) is 2.63. The van der Waals surface area contributed by atoms with Crippen LogP contribution in [0.15, 0.2) is 47.4 Å². The van der Waals surface area contributed by atoms with E-state index in [9.17, 15) is 18.3 Å². The first-order valence-electron chi connectivity index (χ1n) is 8.13. The molecule has 0 bridgehead atoms. The van der Waals surface area contributed by atoms with E-state index in [2.05, 4.69) is 0 Å². The lowest BCUT2D eigenvalue weighted by molar-refractivity contribution is -0.137. The molecule has 2 aromatic carbocycles. The molecule has 9 heteroatoms. The maximum atomic E-state index is 13.1. The summed E-state index contributed by atoms with van der Waals surface area (Å²) in [5, 5.41) is 9.67. The first-order chi connectivity index (χ1) is 12.7. The minimum atomic E-state index is -4.20. The van der Waals surface area contributed by atoms with Crippen molar-refractivity contribution in [2.75, 3.05) is 10.9 Å². The zero-order valence-corrected chi connectivity index (χ0v) is 17.1. The van der Waals surface area contributed by atoms with Gasteiger partial charge in [0.1, 0.15) is 11.8 Å². The molecule has 0 saturated heterocycles. The Morgan fingerprint density at radius 2 is 1.78 bits per heavy atom. The predicted molar refractivity (Wildman–Crippen MR) is 105 cm³/mol. The van der Waals surface area contributed by atoms with Gasteiger partial charge in [-0.3, -0.25) is 4.31 Å². The van der Waals surface area contributed by atoms with E-state index in [1.165, 1.54) is 37.3 Å². The first kappa shape index (κ1) is 21.3. The van der Waals surface area contributed by atoms with Crippen molar-refractivity contribution < 1.29 is 23.1 Å². The highest BCUT2D eigenvalue weighted by atomic mass is 35.5. The molecule has 1 unspecified atom stereocenters. The lowest BCUT2D eigenvalue weighted by atomic mass is 10.2. The maximum absolute atomic E-state index is 13.1. The fourth-order valence-electron chi connectivity index (χ4n) is 2.33. The van der Waals surface area contributed by atoms with Crippen molar-refractivity contribution in [2.24, 2.45) is 0 Å². The monoisotopic (exact) mass is 431 g/mol. The van der Waals surface area contributed by atoms with Crippen LogP contribution in [0.4, 0.5) is 5.69 Å². The number of hydrogen-bond acceptors (Lipinski definition) is 4. The number of anilines is 1. The minimum Gasteiger partial charge on any atom is -0.494 e. The van der Waals surface area contributed by atoms with Gasteiger partial charge in [0, 0.05) is 0 Å². The van der Waals surface area contributed by atoms with Crippen molar-refractivity contribution in [1.29, 1.82) is 0 Å².